The fourth-order valence-electron chi connectivity index (χ4n) is 3.35. The third-order valence-corrected chi connectivity index (χ3v) is 6.27. The SMILES string of the molecule is Cc1noc(C)c1S(=O)(=O)Nc1ccccc1N1CCN(C(=O)OC(C)(C)C)CC1. The zero-order valence-electron chi connectivity index (χ0n) is 17.9. The first-order valence-corrected chi connectivity index (χ1v) is 11.2. The number of carbonyl (C=O) groups is 1. The van der Waals surface area contributed by atoms with E-state index in [4.69, 9.17) is 9.26 Å². The Balaban J connectivity index is 1.75. The predicted octanol–water partition coefficient (Wildman–Crippen LogP) is 3.15. The van der Waals surface area contributed by atoms with Gasteiger partial charge < -0.3 is 19.1 Å². The van der Waals surface area contributed by atoms with Gasteiger partial charge in [-0.15, -0.1) is 0 Å². The molecule has 1 aliphatic rings. The molecule has 1 aromatic carbocycles. The molecule has 0 bridgehead atoms. The Morgan fingerprint density at radius 1 is 1.13 bits per heavy atom. The lowest BCUT2D eigenvalue weighted by atomic mass is 10.2. The molecule has 1 fully saturated rings. The van der Waals surface area contributed by atoms with Crippen LogP contribution in [0.1, 0.15) is 32.2 Å². The topological polar surface area (TPSA) is 105 Å². The van der Waals surface area contributed by atoms with Gasteiger partial charge in [0.05, 0.1) is 11.4 Å². The largest absolute Gasteiger partial charge is 0.444 e. The van der Waals surface area contributed by atoms with E-state index in [9.17, 15) is 13.2 Å². The van der Waals surface area contributed by atoms with Crippen LogP contribution in [-0.2, 0) is 14.8 Å². The van der Waals surface area contributed by atoms with E-state index < -0.39 is 15.6 Å². The minimum absolute atomic E-state index is 0.0482. The van der Waals surface area contributed by atoms with Crippen LogP contribution in [-0.4, -0.2) is 56.3 Å². The fraction of sp³-hybridized carbons (Fsp3) is 0.500. The van der Waals surface area contributed by atoms with Crippen molar-refractivity contribution in [1.29, 1.82) is 0 Å². The summed E-state index contributed by atoms with van der Waals surface area (Å²) in [6.07, 6.45) is -0.338. The molecule has 1 aliphatic heterocycles. The number of aryl methyl sites for hydroxylation is 2. The molecular weight excluding hydrogens is 408 g/mol. The summed E-state index contributed by atoms with van der Waals surface area (Å²) >= 11 is 0. The fourth-order valence-corrected chi connectivity index (χ4v) is 4.75. The average Bonchev–Trinajstić information content (AvgIpc) is 3.00. The van der Waals surface area contributed by atoms with Crippen molar-refractivity contribution >= 4 is 27.5 Å². The molecule has 164 valence electrons. The minimum Gasteiger partial charge on any atom is -0.444 e. The molecule has 1 saturated heterocycles. The number of amides is 1. The number of hydrogen-bond donors (Lipinski definition) is 1. The molecule has 30 heavy (non-hydrogen) atoms. The molecule has 10 heteroatoms. The van der Waals surface area contributed by atoms with Crippen LogP contribution in [0.3, 0.4) is 0 Å². The summed E-state index contributed by atoms with van der Waals surface area (Å²) in [6.45, 7) is 10.8. The molecule has 0 saturated carbocycles. The van der Waals surface area contributed by atoms with Gasteiger partial charge in [0, 0.05) is 26.2 Å². The first kappa shape index (κ1) is 21.9. The minimum atomic E-state index is -3.85. The molecule has 1 aromatic heterocycles. The summed E-state index contributed by atoms with van der Waals surface area (Å²) in [7, 11) is -3.85. The number of para-hydroxylation sites is 2. The number of rotatable bonds is 4. The lowest BCUT2D eigenvalue weighted by molar-refractivity contribution is 0.0240. The van der Waals surface area contributed by atoms with Gasteiger partial charge in [0.1, 0.15) is 11.3 Å². The molecule has 1 amide bonds. The molecule has 3 rings (SSSR count). The standard InChI is InChI=1S/C20H28N4O5S/c1-14-18(15(2)29-21-14)30(26,27)22-16-8-6-7-9-17(16)23-10-12-24(13-11-23)19(25)28-20(3,4)5/h6-9,22H,10-13H2,1-5H3. The van der Waals surface area contributed by atoms with E-state index in [0.717, 1.165) is 5.69 Å². The third-order valence-electron chi connectivity index (χ3n) is 4.66. The predicted molar refractivity (Wildman–Crippen MR) is 113 cm³/mol. The van der Waals surface area contributed by atoms with Gasteiger partial charge >= 0.3 is 6.09 Å². The van der Waals surface area contributed by atoms with Crippen molar-refractivity contribution in [3.05, 3.63) is 35.7 Å². The Labute approximate surface area is 177 Å². The van der Waals surface area contributed by atoms with Gasteiger partial charge in [0.2, 0.25) is 0 Å². The molecule has 0 unspecified atom stereocenters. The number of hydrogen-bond acceptors (Lipinski definition) is 7. The zero-order chi connectivity index (χ0) is 22.1. The van der Waals surface area contributed by atoms with E-state index >= 15 is 0 Å². The zero-order valence-corrected chi connectivity index (χ0v) is 18.7. The second-order valence-electron chi connectivity index (χ2n) is 8.23. The number of piperazine rings is 1. The second kappa shape index (κ2) is 8.17. The monoisotopic (exact) mass is 436 g/mol. The summed E-state index contributed by atoms with van der Waals surface area (Å²) in [6, 6.07) is 7.19. The number of aromatic nitrogens is 1. The van der Waals surface area contributed by atoms with Crippen LogP contribution >= 0.6 is 0 Å². The lowest BCUT2D eigenvalue weighted by Crippen LogP contribution is -2.50. The Hall–Kier alpha value is -2.75. The van der Waals surface area contributed by atoms with E-state index in [2.05, 4.69) is 9.88 Å². The molecule has 2 heterocycles. The number of nitrogens with one attached hydrogen (secondary N) is 1. The van der Waals surface area contributed by atoms with E-state index in [1.165, 1.54) is 0 Å². The van der Waals surface area contributed by atoms with E-state index in [-0.39, 0.29) is 16.7 Å². The van der Waals surface area contributed by atoms with Crippen molar-refractivity contribution in [2.45, 2.75) is 45.1 Å². The maximum atomic E-state index is 12.9. The molecule has 0 spiro atoms. The molecule has 1 N–H and O–H groups in total. The summed E-state index contributed by atoms with van der Waals surface area (Å²) in [4.78, 5) is 16.0. The summed E-state index contributed by atoms with van der Waals surface area (Å²) in [5, 5.41) is 3.73. The van der Waals surface area contributed by atoms with Gasteiger partial charge in [-0.1, -0.05) is 17.3 Å². The summed E-state index contributed by atoms with van der Waals surface area (Å²) in [5.41, 5.74) is 0.973. The van der Waals surface area contributed by atoms with E-state index in [1.807, 2.05) is 37.8 Å². The number of anilines is 2. The first-order chi connectivity index (χ1) is 14.0. The van der Waals surface area contributed by atoms with Crippen LogP contribution in [0, 0.1) is 13.8 Å². The van der Waals surface area contributed by atoms with E-state index in [1.54, 1.807) is 30.9 Å². The highest BCUT2D eigenvalue weighted by molar-refractivity contribution is 7.92. The van der Waals surface area contributed by atoms with Gasteiger partial charge in [-0.2, -0.15) is 0 Å². The highest BCUT2D eigenvalue weighted by Gasteiger charge is 2.29. The van der Waals surface area contributed by atoms with Crippen molar-refractivity contribution in [3.8, 4) is 0 Å². The Bertz CT molecular complexity index is 999. The molecule has 0 aliphatic carbocycles. The highest BCUT2D eigenvalue weighted by Crippen LogP contribution is 2.30. The van der Waals surface area contributed by atoms with Crippen molar-refractivity contribution in [2.24, 2.45) is 0 Å². The Morgan fingerprint density at radius 2 is 1.77 bits per heavy atom. The second-order valence-corrected chi connectivity index (χ2v) is 9.85. The van der Waals surface area contributed by atoms with Crippen molar-refractivity contribution in [2.75, 3.05) is 35.8 Å². The quantitative estimate of drug-likeness (QED) is 0.785. The van der Waals surface area contributed by atoms with Crippen LogP contribution < -0.4 is 9.62 Å². The van der Waals surface area contributed by atoms with Crippen LogP contribution in [0.2, 0.25) is 0 Å². The smallest absolute Gasteiger partial charge is 0.410 e. The van der Waals surface area contributed by atoms with E-state index in [0.29, 0.717) is 37.6 Å². The average molecular weight is 437 g/mol. The number of sulfonamides is 1. The van der Waals surface area contributed by atoms with Gasteiger partial charge in [-0.3, -0.25) is 4.72 Å². The molecule has 0 radical (unpaired) electrons. The lowest BCUT2D eigenvalue weighted by Gasteiger charge is -2.37. The number of carbonyl (C=O) groups excluding carboxylic acids is 1. The van der Waals surface area contributed by atoms with Gasteiger partial charge in [-0.05, 0) is 46.8 Å². The van der Waals surface area contributed by atoms with Crippen LogP contribution in [0.25, 0.3) is 0 Å². The van der Waals surface area contributed by atoms with Crippen LogP contribution in [0.5, 0.6) is 0 Å². The Morgan fingerprint density at radius 3 is 2.33 bits per heavy atom. The number of nitrogens with zero attached hydrogens (tertiary/aromatic N) is 3. The van der Waals surface area contributed by atoms with Gasteiger partial charge in [0.15, 0.2) is 10.7 Å². The van der Waals surface area contributed by atoms with Gasteiger partial charge in [0.25, 0.3) is 10.0 Å². The molecule has 0 atom stereocenters. The maximum absolute atomic E-state index is 12.9. The molecular formula is C20H28N4O5S. The molecule has 9 nitrogen and oxygen atoms in total. The van der Waals surface area contributed by atoms with Crippen LogP contribution in [0.4, 0.5) is 16.2 Å². The van der Waals surface area contributed by atoms with Crippen molar-refractivity contribution in [1.82, 2.24) is 10.1 Å². The van der Waals surface area contributed by atoms with Crippen molar-refractivity contribution < 1.29 is 22.5 Å². The summed E-state index contributed by atoms with van der Waals surface area (Å²) in [5.74, 6) is 0.239. The van der Waals surface area contributed by atoms with Crippen molar-refractivity contribution in [3.63, 3.8) is 0 Å². The maximum Gasteiger partial charge on any atom is 0.410 e. The first-order valence-electron chi connectivity index (χ1n) is 9.75. The third kappa shape index (κ3) is 4.86. The Kier molecular flexibility index (Phi) is 5.98. The summed E-state index contributed by atoms with van der Waals surface area (Å²) < 4.78 is 38.9. The molecule has 2 aromatic rings. The van der Waals surface area contributed by atoms with Crippen LogP contribution in [0.15, 0.2) is 33.7 Å². The highest BCUT2D eigenvalue weighted by atomic mass is 32.2. The number of ether oxygens (including phenoxy) is 1. The number of benzene rings is 1. The normalized spacial score (nSPS) is 15.2. The van der Waals surface area contributed by atoms with Gasteiger partial charge in [-0.25, -0.2) is 13.2 Å².